The van der Waals surface area contributed by atoms with Crippen LogP contribution in [0.15, 0.2) is 54.6 Å². The molecule has 3 rings (SSSR count). The summed E-state index contributed by atoms with van der Waals surface area (Å²) in [6.45, 7) is 2.15. The maximum atomic E-state index is 5.73. The Morgan fingerprint density at radius 1 is 1.00 bits per heavy atom. The van der Waals surface area contributed by atoms with E-state index in [2.05, 4.69) is 78.5 Å². The Bertz CT molecular complexity index is 656. The van der Waals surface area contributed by atoms with Crippen LogP contribution < -0.4 is 4.90 Å². The quantitative estimate of drug-likeness (QED) is 0.764. The molecule has 0 amide bonds. The van der Waals surface area contributed by atoms with Gasteiger partial charge in [0.05, 0.1) is 0 Å². The molecule has 1 fully saturated rings. The van der Waals surface area contributed by atoms with Crippen LogP contribution in [0.5, 0.6) is 0 Å². The van der Waals surface area contributed by atoms with Gasteiger partial charge in [-0.1, -0.05) is 42.5 Å². The lowest BCUT2D eigenvalue weighted by Crippen LogP contribution is -2.38. The number of thiocarbonyl (C=S) groups is 1. The molecule has 2 nitrogen and oxygen atoms in total. The number of nitrogens with zero attached hydrogens (tertiary/aromatic N) is 2. The van der Waals surface area contributed by atoms with E-state index in [-0.39, 0.29) is 0 Å². The number of hydrogen-bond donors (Lipinski definition) is 0. The SMILES string of the molecule is CN(C)c1ccc(C(=S)N2CCC(Cc3ccccc3)CC2)cc1. The molecule has 1 heterocycles. The highest BCUT2D eigenvalue weighted by Crippen LogP contribution is 2.23. The van der Waals surface area contributed by atoms with Crippen molar-refractivity contribution in [3.63, 3.8) is 0 Å². The minimum Gasteiger partial charge on any atom is -0.378 e. The number of likely N-dealkylation sites (tertiary alicyclic amines) is 1. The number of benzene rings is 2. The van der Waals surface area contributed by atoms with Crippen molar-refractivity contribution < 1.29 is 0 Å². The van der Waals surface area contributed by atoms with Crippen molar-refractivity contribution in [2.45, 2.75) is 19.3 Å². The van der Waals surface area contributed by atoms with Crippen molar-refractivity contribution in [3.8, 4) is 0 Å². The van der Waals surface area contributed by atoms with Crippen LogP contribution in [0.2, 0.25) is 0 Å². The second kappa shape index (κ2) is 7.80. The van der Waals surface area contributed by atoms with Crippen LogP contribution in [0.3, 0.4) is 0 Å². The fourth-order valence-electron chi connectivity index (χ4n) is 3.37. The molecule has 126 valence electrons. The molecule has 24 heavy (non-hydrogen) atoms. The Morgan fingerprint density at radius 2 is 1.62 bits per heavy atom. The number of rotatable bonds is 4. The maximum absolute atomic E-state index is 5.73. The molecule has 1 aliphatic heterocycles. The van der Waals surface area contributed by atoms with Gasteiger partial charge in [-0.05, 0) is 55.0 Å². The van der Waals surface area contributed by atoms with Crippen molar-refractivity contribution in [2.75, 3.05) is 32.1 Å². The van der Waals surface area contributed by atoms with Gasteiger partial charge in [0.15, 0.2) is 0 Å². The van der Waals surface area contributed by atoms with E-state index in [0.717, 1.165) is 29.6 Å². The fourth-order valence-corrected chi connectivity index (χ4v) is 3.69. The minimum absolute atomic E-state index is 0.780. The van der Waals surface area contributed by atoms with Gasteiger partial charge in [-0.25, -0.2) is 0 Å². The average molecular weight is 339 g/mol. The van der Waals surface area contributed by atoms with Gasteiger partial charge in [0, 0.05) is 38.4 Å². The molecule has 0 N–H and O–H groups in total. The van der Waals surface area contributed by atoms with Gasteiger partial charge in [-0.15, -0.1) is 0 Å². The van der Waals surface area contributed by atoms with Gasteiger partial charge in [-0.2, -0.15) is 0 Å². The molecular formula is C21H26N2S. The van der Waals surface area contributed by atoms with E-state index in [9.17, 15) is 0 Å². The highest BCUT2D eigenvalue weighted by molar-refractivity contribution is 7.80. The molecule has 2 aromatic rings. The molecule has 1 saturated heterocycles. The molecule has 3 heteroatoms. The molecule has 0 radical (unpaired) electrons. The first-order valence-electron chi connectivity index (χ1n) is 8.74. The Kier molecular flexibility index (Phi) is 5.52. The smallest absolute Gasteiger partial charge is 0.109 e. The summed E-state index contributed by atoms with van der Waals surface area (Å²) in [4.78, 5) is 5.49. The molecule has 0 saturated carbocycles. The number of hydrogen-bond acceptors (Lipinski definition) is 2. The topological polar surface area (TPSA) is 6.48 Å². The largest absolute Gasteiger partial charge is 0.378 e. The van der Waals surface area contributed by atoms with E-state index in [1.54, 1.807) is 0 Å². The Balaban J connectivity index is 1.55. The van der Waals surface area contributed by atoms with E-state index < -0.39 is 0 Å². The lowest BCUT2D eigenvalue weighted by molar-refractivity contribution is 0.268. The standard InChI is InChI=1S/C21H26N2S/c1-22(2)20-10-8-19(9-11-20)21(24)23-14-12-18(13-15-23)16-17-6-4-3-5-7-17/h3-11,18H,12-16H2,1-2H3. The highest BCUT2D eigenvalue weighted by Gasteiger charge is 2.21. The van der Waals surface area contributed by atoms with Gasteiger partial charge in [0.1, 0.15) is 4.99 Å². The van der Waals surface area contributed by atoms with Crippen LogP contribution in [-0.2, 0) is 6.42 Å². The van der Waals surface area contributed by atoms with Crippen molar-refractivity contribution >= 4 is 22.9 Å². The zero-order valence-corrected chi connectivity index (χ0v) is 15.4. The van der Waals surface area contributed by atoms with Gasteiger partial charge >= 0.3 is 0 Å². The number of piperidine rings is 1. The van der Waals surface area contributed by atoms with Crippen LogP contribution in [-0.4, -0.2) is 37.1 Å². The second-order valence-corrected chi connectivity index (χ2v) is 7.25. The van der Waals surface area contributed by atoms with Gasteiger partial charge in [0.25, 0.3) is 0 Å². The van der Waals surface area contributed by atoms with Crippen LogP contribution in [0, 0.1) is 5.92 Å². The molecule has 0 atom stereocenters. The van der Waals surface area contributed by atoms with Crippen LogP contribution in [0.4, 0.5) is 5.69 Å². The summed E-state index contributed by atoms with van der Waals surface area (Å²) in [6, 6.07) is 19.4. The zero-order chi connectivity index (χ0) is 16.9. The van der Waals surface area contributed by atoms with E-state index in [0.29, 0.717) is 0 Å². The van der Waals surface area contributed by atoms with Crippen molar-refractivity contribution in [1.29, 1.82) is 0 Å². The van der Waals surface area contributed by atoms with E-state index in [1.165, 1.54) is 30.5 Å². The van der Waals surface area contributed by atoms with E-state index in [1.807, 2.05) is 0 Å². The van der Waals surface area contributed by atoms with Crippen molar-refractivity contribution in [3.05, 3.63) is 65.7 Å². The van der Waals surface area contributed by atoms with Gasteiger partial charge < -0.3 is 9.80 Å². The van der Waals surface area contributed by atoms with Crippen LogP contribution in [0.1, 0.15) is 24.0 Å². The maximum Gasteiger partial charge on any atom is 0.109 e. The van der Waals surface area contributed by atoms with Crippen molar-refractivity contribution in [1.82, 2.24) is 4.90 Å². The highest BCUT2D eigenvalue weighted by atomic mass is 32.1. The summed E-state index contributed by atoms with van der Waals surface area (Å²) >= 11 is 5.73. The normalized spacial score (nSPS) is 15.3. The minimum atomic E-state index is 0.780. The Morgan fingerprint density at radius 3 is 2.21 bits per heavy atom. The molecule has 1 aliphatic rings. The summed E-state index contributed by atoms with van der Waals surface area (Å²) in [7, 11) is 4.12. The molecule has 2 aromatic carbocycles. The second-order valence-electron chi connectivity index (χ2n) is 6.87. The summed E-state index contributed by atoms with van der Waals surface area (Å²) in [5.74, 6) is 0.780. The number of anilines is 1. The van der Waals surface area contributed by atoms with Crippen LogP contribution >= 0.6 is 12.2 Å². The summed E-state index contributed by atoms with van der Waals surface area (Å²) in [5.41, 5.74) is 3.83. The Hall–Kier alpha value is -1.87. The third-order valence-electron chi connectivity index (χ3n) is 4.90. The van der Waals surface area contributed by atoms with Gasteiger partial charge in [0.2, 0.25) is 0 Å². The van der Waals surface area contributed by atoms with E-state index >= 15 is 0 Å². The first-order valence-corrected chi connectivity index (χ1v) is 9.15. The summed E-state index contributed by atoms with van der Waals surface area (Å²) < 4.78 is 0. The Labute approximate surface area is 151 Å². The molecule has 0 bridgehead atoms. The molecular weight excluding hydrogens is 312 g/mol. The van der Waals surface area contributed by atoms with Crippen LogP contribution in [0.25, 0.3) is 0 Å². The first-order chi connectivity index (χ1) is 11.6. The first kappa shape index (κ1) is 17.0. The van der Waals surface area contributed by atoms with Crippen molar-refractivity contribution in [2.24, 2.45) is 5.92 Å². The van der Waals surface area contributed by atoms with E-state index in [4.69, 9.17) is 12.2 Å². The summed E-state index contributed by atoms with van der Waals surface area (Å²) in [6.07, 6.45) is 3.65. The predicted molar refractivity (Wildman–Crippen MR) is 107 cm³/mol. The summed E-state index contributed by atoms with van der Waals surface area (Å²) in [5, 5.41) is 0. The molecule has 0 spiro atoms. The molecule has 0 aliphatic carbocycles. The predicted octanol–water partition coefficient (Wildman–Crippen LogP) is 4.38. The third kappa shape index (κ3) is 4.15. The average Bonchev–Trinajstić information content (AvgIpc) is 2.63. The lowest BCUT2D eigenvalue weighted by Gasteiger charge is -2.34. The zero-order valence-electron chi connectivity index (χ0n) is 14.6. The van der Waals surface area contributed by atoms with Gasteiger partial charge in [-0.3, -0.25) is 0 Å². The lowest BCUT2D eigenvalue weighted by atomic mass is 9.90. The third-order valence-corrected chi connectivity index (χ3v) is 5.39. The monoisotopic (exact) mass is 338 g/mol. The fraction of sp³-hybridized carbons (Fsp3) is 0.381. The molecule has 0 aromatic heterocycles. The molecule has 0 unspecified atom stereocenters.